The molecule has 11 heavy (non-hydrogen) atoms. The molecule has 1 heterocycles. The van der Waals surface area contributed by atoms with Crippen LogP contribution in [-0.4, -0.2) is 12.1 Å². The van der Waals surface area contributed by atoms with Gasteiger partial charge in [0.25, 0.3) is 0 Å². The molecule has 0 radical (unpaired) electrons. The molecular weight excluding hydrogens is 140 g/mol. The van der Waals surface area contributed by atoms with Crippen molar-refractivity contribution in [2.75, 3.05) is 0 Å². The van der Waals surface area contributed by atoms with Gasteiger partial charge in [-0.05, 0) is 25.7 Å². The van der Waals surface area contributed by atoms with Gasteiger partial charge in [0.1, 0.15) is 6.10 Å². The minimum atomic E-state index is -0.221. The molecule has 2 nitrogen and oxygen atoms in total. The summed E-state index contributed by atoms with van der Waals surface area (Å²) in [6.45, 7) is 7.68. The maximum Gasteiger partial charge on any atom is 0.333 e. The molecule has 0 bridgehead atoms. The van der Waals surface area contributed by atoms with E-state index < -0.39 is 0 Å². The van der Waals surface area contributed by atoms with Gasteiger partial charge in [0, 0.05) is 5.57 Å². The molecule has 0 aromatic heterocycles. The Morgan fingerprint density at radius 1 is 1.55 bits per heavy atom. The van der Waals surface area contributed by atoms with Crippen molar-refractivity contribution in [3.63, 3.8) is 0 Å². The molecule has 0 N–H and O–H groups in total. The number of carbonyl (C=O) groups is 1. The van der Waals surface area contributed by atoms with Crippen LogP contribution in [0.3, 0.4) is 0 Å². The Balaban J connectivity index is 2.66. The standard InChI is InChI=1S/C9H14O2/c1-6-4-5-7(2)9(10)11-8(6)3/h6,8H,2,4-5H2,1,3H3. The van der Waals surface area contributed by atoms with Crippen LogP contribution in [0.25, 0.3) is 0 Å². The number of esters is 1. The summed E-state index contributed by atoms with van der Waals surface area (Å²) in [6.07, 6.45) is 1.83. The zero-order valence-corrected chi connectivity index (χ0v) is 7.09. The zero-order chi connectivity index (χ0) is 8.43. The van der Waals surface area contributed by atoms with Crippen molar-refractivity contribution >= 4 is 5.97 Å². The predicted molar refractivity (Wildman–Crippen MR) is 43.1 cm³/mol. The van der Waals surface area contributed by atoms with Crippen LogP contribution in [0.15, 0.2) is 12.2 Å². The molecule has 1 fully saturated rings. The van der Waals surface area contributed by atoms with Gasteiger partial charge >= 0.3 is 5.97 Å². The van der Waals surface area contributed by atoms with Crippen molar-refractivity contribution in [1.29, 1.82) is 0 Å². The third-order valence-corrected chi connectivity index (χ3v) is 2.28. The molecule has 1 rings (SSSR count). The highest BCUT2D eigenvalue weighted by molar-refractivity contribution is 5.88. The zero-order valence-electron chi connectivity index (χ0n) is 7.09. The molecule has 1 aliphatic heterocycles. The highest BCUT2D eigenvalue weighted by Crippen LogP contribution is 2.22. The monoisotopic (exact) mass is 154 g/mol. The van der Waals surface area contributed by atoms with E-state index in [4.69, 9.17) is 4.74 Å². The second-order valence-corrected chi connectivity index (χ2v) is 3.23. The molecule has 0 aromatic carbocycles. The van der Waals surface area contributed by atoms with Crippen LogP contribution >= 0.6 is 0 Å². The van der Waals surface area contributed by atoms with Crippen LogP contribution in [0.2, 0.25) is 0 Å². The summed E-state index contributed by atoms with van der Waals surface area (Å²) in [4.78, 5) is 11.0. The predicted octanol–water partition coefficient (Wildman–Crippen LogP) is 1.90. The van der Waals surface area contributed by atoms with Gasteiger partial charge in [-0.25, -0.2) is 4.79 Å². The molecule has 0 spiro atoms. The quantitative estimate of drug-likeness (QED) is 0.393. The fourth-order valence-corrected chi connectivity index (χ4v) is 1.11. The SMILES string of the molecule is C=C1CCC(C)C(C)OC1=O. The Bertz CT molecular complexity index is 184. The molecule has 1 aliphatic rings. The molecule has 2 atom stereocenters. The summed E-state index contributed by atoms with van der Waals surface area (Å²) in [7, 11) is 0. The third-order valence-electron chi connectivity index (χ3n) is 2.28. The lowest BCUT2D eigenvalue weighted by atomic mass is 9.99. The van der Waals surface area contributed by atoms with Gasteiger partial charge in [0.15, 0.2) is 0 Å². The topological polar surface area (TPSA) is 26.3 Å². The highest BCUT2D eigenvalue weighted by Gasteiger charge is 2.23. The number of hydrogen-bond acceptors (Lipinski definition) is 2. The first-order valence-corrected chi connectivity index (χ1v) is 4.00. The van der Waals surface area contributed by atoms with Gasteiger partial charge < -0.3 is 4.74 Å². The minimum absolute atomic E-state index is 0.0433. The van der Waals surface area contributed by atoms with Crippen molar-refractivity contribution in [2.24, 2.45) is 5.92 Å². The molecule has 2 heteroatoms. The Hall–Kier alpha value is -0.790. The van der Waals surface area contributed by atoms with E-state index in [9.17, 15) is 4.79 Å². The Morgan fingerprint density at radius 3 is 2.82 bits per heavy atom. The Labute approximate surface area is 67.2 Å². The van der Waals surface area contributed by atoms with E-state index in [-0.39, 0.29) is 12.1 Å². The first-order valence-electron chi connectivity index (χ1n) is 4.00. The van der Waals surface area contributed by atoms with Gasteiger partial charge in [-0.1, -0.05) is 13.5 Å². The maximum absolute atomic E-state index is 11.0. The van der Waals surface area contributed by atoms with Crippen molar-refractivity contribution in [3.05, 3.63) is 12.2 Å². The van der Waals surface area contributed by atoms with Gasteiger partial charge in [0.05, 0.1) is 0 Å². The molecule has 0 amide bonds. The number of cyclic esters (lactones) is 1. The van der Waals surface area contributed by atoms with Gasteiger partial charge in [0.2, 0.25) is 0 Å². The van der Waals surface area contributed by atoms with E-state index in [1.165, 1.54) is 0 Å². The van der Waals surface area contributed by atoms with E-state index in [2.05, 4.69) is 13.5 Å². The minimum Gasteiger partial charge on any atom is -0.459 e. The molecular formula is C9H14O2. The molecule has 62 valence electrons. The first kappa shape index (κ1) is 8.31. The van der Waals surface area contributed by atoms with E-state index in [0.29, 0.717) is 11.5 Å². The second-order valence-electron chi connectivity index (χ2n) is 3.23. The van der Waals surface area contributed by atoms with Crippen molar-refractivity contribution in [1.82, 2.24) is 0 Å². The number of rotatable bonds is 0. The lowest BCUT2D eigenvalue weighted by Gasteiger charge is -2.15. The fourth-order valence-electron chi connectivity index (χ4n) is 1.11. The van der Waals surface area contributed by atoms with E-state index in [1.807, 2.05) is 6.92 Å². The molecule has 0 aromatic rings. The van der Waals surface area contributed by atoms with Crippen molar-refractivity contribution in [3.8, 4) is 0 Å². The van der Waals surface area contributed by atoms with Gasteiger partial charge in [-0.3, -0.25) is 0 Å². The number of hydrogen-bond donors (Lipinski definition) is 0. The van der Waals surface area contributed by atoms with Gasteiger partial charge in [-0.15, -0.1) is 0 Å². The van der Waals surface area contributed by atoms with E-state index in [0.717, 1.165) is 12.8 Å². The number of ether oxygens (including phenoxy) is 1. The highest BCUT2D eigenvalue weighted by atomic mass is 16.5. The third kappa shape index (κ3) is 1.82. The normalized spacial score (nSPS) is 32.9. The van der Waals surface area contributed by atoms with Gasteiger partial charge in [-0.2, -0.15) is 0 Å². The van der Waals surface area contributed by atoms with E-state index >= 15 is 0 Å². The Kier molecular flexibility index (Phi) is 2.32. The van der Waals surface area contributed by atoms with Crippen LogP contribution in [0.5, 0.6) is 0 Å². The summed E-state index contributed by atoms with van der Waals surface area (Å²) in [5.41, 5.74) is 0.612. The maximum atomic E-state index is 11.0. The molecule has 0 aliphatic carbocycles. The summed E-state index contributed by atoms with van der Waals surface area (Å²) in [6, 6.07) is 0. The second kappa shape index (κ2) is 3.07. The molecule has 1 saturated heterocycles. The van der Waals surface area contributed by atoms with Crippen LogP contribution in [0.1, 0.15) is 26.7 Å². The largest absolute Gasteiger partial charge is 0.459 e. The Morgan fingerprint density at radius 2 is 2.18 bits per heavy atom. The van der Waals surface area contributed by atoms with Crippen LogP contribution in [0, 0.1) is 5.92 Å². The lowest BCUT2D eigenvalue weighted by Crippen LogP contribution is -2.18. The van der Waals surface area contributed by atoms with Crippen molar-refractivity contribution in [2.45, 2.75) is 32.8 Å². The summed E-state index contributed by atoms with van der Waals surface area (Å²) in [5.74, 6) is 0.236. The summed E-state index contributed by atoms with van der Waals surface area (Å²) >= 11 is 0. The van der Waals surface area contributed by atoms with Crippen LogP contribution in [-0.2, 0) is 9.53 Å². The fraction of sp³-hybridized carbons (Fsp3) is 0.667. The average molecular weight is 154 g/mol. The molecule has 2 unspecified atom stereocenters. The first-order chi connectivity index (χ1) is 5.11. The number of carbonyl (C=O) groups excluding carboxylic acids is 1. The summed E-state index contributed by atoms with van der Waals surface area (Å²) in [5, 5.41) is 0. The van der Waals surface area contributed by atoms with Crippen LogP contribution < -0.4 is 0 Å². The van der Waals surface area contributed by atoms with Crippen LogP contribution in [0.4, 0.5) is 0 Å². The lowest BCUT2D eigenvalue weighted by molar-refractivity contribution is -0.144. The molecule has 0 saturated carbocycles. The van der Waals surface area contributed by atoms with E-state index in [1.54, 1.807) is 0 Å². The average Bonchev–Trinajstić information content (AvgIpc) is 2.05. The van der Waals surface area contributed by atoms with Crippen molar-refractivity contribution < 1.29 is 9.53 Å². The summed E-state index contributed by atoms with van der Waals surface area (Å²) < 4.78 is 5.10. The smallest absolute Gasteiger partial charge is 0.333 e.